The molecule has 0 aliphatic heterocycles. The predicted molar refractivity (Wildman–Crippen MR) is 55.5 cm³/mol. The van der Waals surface area contributed by atoms with Crippen molar-refractivity contribution in [2.24, 2.45) is 0 Å². The summed E-state index contributed by atoms with van der Waals surface area (Å²) in [6.07, 6.45) is -1.35. The monoisotopic (exact) mass is 242 g/mol. The Morgan fingerprint density at radius 1 is 1.35 bits per heavy atom. The molecule has 2 heterocycles. The Kier molecular flexibility index (Phi) is 2.53. The molecule has 2 rings (SSSR count). The van der Waals surface area contributed by atoms with E-state index < -0.39 is 11.7 Å². The third kappa shape index (κ3) is 2.08. The summed E-state index contributed by atoms with van der Waals surface area (Å²) in [5, 5.41) is 3.61. The van der Waals surface area contributed by atoms with Crippen LogP contribution in [0.15, 0.2) is 24.7 Å². The first-order valence-corrected chi connectivity index (χ1v) is 4.73. The van der Waals surface area contributed by atoms with Gasteiger partial charge in [0.05, 0.1) is 17.4 Å². The van der Waals surface area contributed by atoms with Crippen LogP contribution in [-0.2, 0) is 6.18 Å². The summed E-state index contributed by atoms with van der Waals surface area (Å²) in [7, 11) is 0. The van der Waals surface area contributed by atoms with Gasteiger partial charge in [-0.1, -0.05) is 0 Å². The Morgan fingerprint density at radius 3 is 2.65 bits per heavy atom. The van der Waals surface area contributed by atoms with Gasteiger partial charge in [-0.3, -0.25) is 0 Å². The molecule has 90 valence electrons. The van der Waals surface area contributed by atoms with Gasteiger partial charge in [-0.25, -0.2) is 9.67 Å². The quantitative estimate of drug-likeness (QED) is 0.833. The fourth-order valence-corrected chi connectivity index (χ4v) is 1.32. The topological polar surface area (TPSA) is 56.7 Å². The first-order valence-electron chi connectivity index (χ1n) is 4.73. The minimum Gasteiger partial charge on any atom is -0.395 e. The van der Waals surface area contributed by atoms with Gasteiger partial charge in [-0.2, -0.15) is 18.3 Å². The van der Waals surface area contributed by atoms with Crippen LogP contribution in [0.4, 0.5) is 18.9 Å². The molecule has 2 aromatic rings. The van der Waals surface area contributed by atoms with Crippen LogP contribution in [-0.4, -0.2) is 14.8 Å². The van der Waals surface area contributed by atoms with Crippen LogP contribution >= 0.6 is 0 Å². The molecule has 0 atom stereocenters. The van der Waals surface area contributed by atoms with E-state index in [0.29, 0.717) is 5.69 Å². The molecule has 0 bridgehead atoms. The number of alkyl halides is 3. The van der Waals surface area contributed by atoms with Crippen molar-refractivity contribution in [3.8, 4) is 5.82 Å². The van der Waals surface area contributed by atoms with E-state index >= 15 is 0 Å². The Balaban J connectivity index is 2.48. The third-order valence-electron chi connectivity index (χ3n) is 2.31. The molecule has 0 aliphatic carbocycles. The summed E-state index contributed by atoms with van der Waals surface area (Å²) in [4.78, 5) is 3.91. The number of hydrogen-bond donors (Lipinski definition) is 1. The van der Waals surface area contributed by atoms with E-state index in [0.717, 1.165) is 22.6 Å². The Labute approximate surface area is 94.9 Å². The van der Waals surface area contributed by atoms with Crippen LogP contribution in [0, 0.1) is 6.92 Å². The average Bonchev–Trinajstić information content (AvgIpc) is 2.70. The first kappa shape index (κ1) is 11.4. The molecule has 0 aliphatic rings. The predicted octanol–water partition coefficient (Wildman–Crippen LogP) is 2.18. The second-order valence-electron chi connectivity index (χ2n) is 3.54. The van der Waals surface area contributed by atoms with Gasteiger partial charge in [0.15, 0.2) is 5.82 Å². The van der Waals surface area contributed by atoms with Crippen molar-refractivity contribution in [3.63, 3.8) is 0 Å². The lowest BCUT2D eigenvalue weighted by Gasteiger charge is -2.06. The van der Waals surface area contributed by atoms with Gasteiger partial charge < -0.3 is 5.73 Å². The highest BCUT2D eigenvalue weighted by Crippen LogP contribution is 2.29. The second-order valence-corrected chi connectivity index (χ2v) is 3.54. The van der Waals surface area contributed by atoms with E-state index in [2.05, 4.69) is 10.1 Å². The normalized spacial score (nSPS) is 11.8. The second kappa shape index (κ2) is 3.76. The van der Waals surface area contributed by atoms with Crippen molar-refractivity contribution in [3.05, 3.63) is 35.8 Å². The zero-order valence-electron chi connectivity index (χ0n) is 8.86. The molecule has 2 aromatic heterocycles. The van der Waals surface area contributed by atoms with Gasteiger partial charge in [-0.05, 0) is 18.6 Å². The van der Waals surface area contributed by atoms with Crippen molar-refractivity contribution in [1.82, 2.24) is 14.8 Å². The van der Waals surface area contributed by atoms with Crippen LogP contribution in [0.25, 0.3) is 5.82 Å². The Morgan fingerprint density at radius 2 is 2.06 bits per heavy atom. The summed E-state index contributed by atoms with van der Waals surface area (Å²) in [5.74, 6) is 0.195. The number of rotatable bonds is 1. The number of anilines is 1. The molecule has 0 spiro atoms. The molecular formula is C10H9F3N4. The lowest BCUT2D eigenvalue weighted by Crippen LogP contribution is -2.06. The molecule has 0 fully saturated rings. The van der Waals surface area contributed by atoms with Crippen LogP contribution in [0.5, 0.6) is 0 Å². The van der Waals surface area contributed by atoms with Crippen molar-refractivity contribution >= 4 is 5.69 Å². The lowest BCUT2D eigenvalue weighted by molar-refractivity contribution is -0.137. The Hall–Kier alpha value is -2.05. The molecule has 0 radical (unpaired) electrons. The summed E-state index contributed by atoms with van der Waals surface area (Å²) in [6.45, 7) is 1.74. The molecule has 4 nitrogen and oxygen atoms in total. The van der Waals surface area contributed by atoms with E-state index in [4.69, 9.17) is 5.73 Å². The third-order valence-corrected chi connectivity index (χ3v) is 2.31. The van der Waals surface area contributed by atoms with E-state index in [-0.39, 0.29) is 5.82 Å². The largest absolute Gasteiger partial charge is 0.419 e. The smallest absolute Gasteiger partial charge is 0.395 e. The number of nitrogens with two attached hydrogens (primary N) is 1. The summed E-state index contributed by atoms with van der Waals surface area (Å²) in [5.41, 5.74) is 5.94. The zero-order chi connectivity index (χ0) is 12.6. The van der Waals surface area contributed by atoms with Crippen molar-refractivity contribution < 1.29 is 13.2 Å². The van der Waals surface area contributed by atoms with Gasteiger partial charge >= 0.3 is 6.18 Å². The van der Waals surface area contributed by atoms with E-state index in [1.54, 1.807) is 13.0 Å². The molecule has 7 heteroatoms. The maximum absolute atomic E-state index is 12.4. The number of pyridine rings is 1. The molecule has 0 amide bonds. The molecule has 0 aromatic carbocycles. The van der Waals surface area contributed by atoms with E-state index in [9.17, 15) is 13.2 Å². The number of hydrogen-bond acceptors (Lipinski definition) is 3. The van der Waals surface area contributed by atoms with Crippen molar-refractivity contribution in [1.29, 1.82) is 0 Å². The molecular weight excluding hydrogens is 233 g/mol. The van der Waals surface area contributed by atoms with Gasteiger partial charge in [0, 0.05) is 12.4 Å². The van der Waals surface area contributed by atoms with Gasteiger partial charge in [0.2, 0.25) is 0 Å². The highest BCUT2D eigenvalue weighted by Gasteiger charge is 2.32. The first-order chi connectivity index (χ1) is 7.89. The highest BCUT2D eigenvalue weighted by molar-refractivity contribution is 5.57. The van der Waals surface area contributed by atoms with Crippen LogP contribution < -0.4 is 5.73 Å². The maximum atomic E-state index is 12.4. The van der Waals surface area contributed by atoms with Crippen LogP contribution in [0.2, 0.25) is 0 Å². The fraction of sp³-hybridized carbons (Fsp3) is 0.200. The fourth-order valence-electron chi connectivity index (χ4n) is 1.32. The molecule has 0 saturated heterocycles. The minimum absolute atomic E-state index is 0.195. The average molecular weight is 242 g/mol. The number of nitrogen functional groups attached to an aromatic ring is 1. The molecule has 2 N–H and O–H groups in total. The maximum Gasteiger partial charge on any atom is 0.419 e. The zero-order valence-corrected chi connectivity index (χ0v) is 8.86. The van der Waals surface area contributed by atoms with Gasteiger partial charge in [-0.15, -0.1) is 0 Å². The van der Waals surface area contributed by atoms with Crippen LogP contribution in [0.3, 0.4) is 0 Å². The molecule has 0 unspecified atom stereocenters. The summed E-state index contributed by atoms with van der Waals surface area (Å²) >= 11 is 0. The number of halogens is 3. The summed E-state index contributed by atoms with van der Waals surface area (Å²) < 4.78 is 38.2. The SMILES string of the molecule is Cc1ccnc(-n2cc(C(F)(F)F)cn2)c1N. The standard InChI is InChI=1S/C10H9F3N4/c1-6-2-3-15-9(8(6)14)17-5-7(4-16-17)10(11,12)13/h2-5H,14H2,1H3. The Bertz CT molecular complexity index is 545. The van der Waals surface area contributed by atoms with Gasteiger partial charge in [0.1, 0.15) is 0 Å². The highest BCUT2D eigenvalue weighted by atomic mass is 19.4. The number of nitrogens with zero attached hydrogens (tertiary/aromatic N) is 3. The van der Waals surface area contributed by atoms with E-state index in [1.807, 2.05) is 0 Å². The van der Waals surface area contributed by atoms with Crippen molar-refractivity contribution in [2.45, 2.75) is 13.1 Å². The molecule has 17 heavy (non-hydrogen) atoms. The minimum atomic E-state index is -4.42. The van der Waals surface area contributed by atoms with E-state index in [1.165, 1.54) is 6.20 Å². The van der Waals surface area contributed by atoms with Crippen molar-refractivity contribution in [2.75, 3.05) is 5.73 Å². The lowest BCUT2D eigenvalue weighted by atomic mass is 10.2. The summed E-state index contributed by atoms with van der Waals surface area (Å²) in [6, 6.07) is 1.67. The van der Waals surface area contributed by atoms with Gasteiger partial charge in [0.25, 0.3) is 0 Å². The molecule has 0 saturated carbocycles. The number of aromatic nitrogens is 3. The van der Waals surface area contributed by atoms with Crippen LogP contribution in [0.1, 0.15) is 11.1 Å². The number of aryl methyl sites for hydroxylation is 1.